The molecule has 0 radical (unpaired) electrons. The second-order valence-electron chi connectivity index (χ2n) is 10.1. The number of aliphatic hydroxyl groups excluding tert-OH is 1. The van der Waals surface area contributed by atoms with Gasteiger partial charge in [-0.05, 0) is 49.3 Å². The van der Waals surface area contributed by atoms with Gasteiger partial charge in [0.2, 0.25) is 21.8 Å². The van der Waals surface area contributed by atoms with Crippen LogP contribution in [0.25, 0.3) is 0 Å². The number of amides is 2. The van der Waals surface area contributed by atoms with E-state index in [2.05, 4.69) is 14.9 Å². The summed E-state index contributed by atoms with van der Waals surface area (Å²) in [7, 11) is -1.61. The number of hydrogen-bond donors (Lipinski definition) is 3. The Labute approximate surface area is 201 Å². The molecule has 188 valence electrons. The number of anilines is 1. The Bertz CT molecular complexity index is 999. The van der Waals surface area contributed by atoms with Gasteiger partial charge in [0.05, 0.1) is 12.4 Å². The minimum atomic E-state index is -3.31. The maximum Gasteiger partial charge on any atom is 0.248 e. The van der Waals surface area contributed by atoms with Gasteiger partial charge in [-0.2, -0.15) is 0 Å². The number of piperidine rings is 1. The number of hydrogen-bond acceptors (Lipinski definition) is 6. The van der Waals surface area contributed by atoms with E-state index in [0.717, 1.165) is 43.9 Å². The fraction of sp³-hybridized carbons (Fsp3) is 0.667. The molecular formula is C24H36N4O5S. The molecule has 3 N–H and O–H groups in total. The molecule has 2 atom stereocenters. The summed E-state index contributed by atoms with van der Waals surface area (Å²) in [6.07, 6.45) is 6.42. The van der Waals surface area contributed by atoms with Crippen molar-refractivity contribution in [1.82, 2.24) is 15.1 Å². The highest BCUT2D eigenvalue weighted by Gasteiger charge is 2.54. The van der Waals surface area contributed by atoms with E-state index in [9.17, 15) is 23.1 Å². The molecule has 2 aliphatic heterocycles. The summed E-state index contributed by atoms with van der Waals surface area (Å²) in [4.78, 5) is 30.3. The Balaban J connectivity index is 1.36. The van der Waals surface area contributed by atoms with E-state index in [-0.39, 0.29) is 17.7 Å². The molecule has 1 aromatic rings. The van der Waals surface area contributed by atoms with Crippen LogP contribution in [-0.4, -0.2) is 79.2 Å². The van der Waals surface area contributed by atoms with Crippen LogP contribution in [-0.2, 0) is 26.2 Å². The molecule has 2 saturated heterocycles. The lowest BCUT2D eigenvalue weighted by molar-refractivity contribution is -0.163. The molecule has 1 spiro atoms. The number of aliphatic hydroxyl groups is 1. The maximum absolute atomic E-state index is 13.3. The zero-order valence-electron chi connectivity index (χ0n) is 20.0. The van der Waals surface area contributed by atoms with Crippen LogP contribution in [0, 0.1) is 5.92 Å². The number of carbonyl (C=O) groups is 2. The molecule has 9 nitrogen and oxygen atoms in total. The Hall–Kier alpha value is -2.17. The average Bonchev–Trinajstić information content (AvgIpc) is 2.82. The van der Waals surface area contributed by atoms with E-state index in [1.807, 2.05) is 12.1 Å². The van der Waals surface area contributed by atoms with Crippen molar-refractivity contribution in [3.05, 3.63) is 29.8 Å². The molecule has 1 aliphatic carbocycles. The highest BCUT2D eigenvalue weighted by atomic mass is 32.2. The fourth-order valence-corrected chi connectivity index (χ4v) is 6.25. The van der Waals surface area contributed by atoms with Gasteiger partial charge in [-0.3, -0.25) is 19.2 Å². The second kappa shape index (κ2) is 9.83. The summed E-state index contributed by atoms with van der Waals surface area (Å²) < 4.78 is 25.2. The predicted molar refractivity (Wildman–Crippen MR) is 129 cm³/mol. The first-order valence-electron chi connectivity index (χ1n) is 12.1. The zero-order chi connectivity index (χ0) is 24.5. The Kier molecular flexibility index (Phi) is 7.21. The monoisotopic (exact) mass is 492 g/mol. The van der Waals surface area contributed by atoms with Gasteiger partial charge in [0.15, 0.2) is 0 Å². The number of likely N-dealkylation sites (N-methyl/N-ethyl adjacent to an activating group) is 1. The Morgan fingerprint density at radius 2 is 1.74 bits per heavy atom. The lowest BCUT2D eigenvalue weighted by atomic mass is 9.78. The summed E-state index contributed by atoms with van der Waals surface area (Å²) >= 11 is 0. The van der Waals surface area contributed by atoms with E-state index >= 15 is 0 Å². The second-order valence-corrected chi connectivity index (χ2v) is 11.9. The van der Waals surface area contributed by atoms with Crippen LogP contribution in [0.1, 0.15) is 50.5 Å². The summed E-state index contributed by atoms with van der Waals surface area (Å²) in [6.45, 7) is 1.99. The van der Waals surface area contributed by atoms with Crippen molar-refractivity contribution in [2.24, 2.45) is 5.92 Å². The van der Waals surface area contributed by atoms with Crippen molar-refractivity contribution in [3.63, 3.8) is 0 Å². The molecule has 0 unspecified atom stereocenters. The molecule has 0 aromatic heterocycles. The Morgan fingerprint density at radius 1 is 1.12 bits per heavy atom. The van der Waals surface area contributed by atoms with Crippen LogP contribution < -0.4 is 10.0 Å². The SMILES string of the molecule is CN1C(=O)[C@@H]([C@H](O)C2CCCCC2)NC(=O)C12CCN(Cc1ccc(NS(C)(=O)=O)cc1)CC2. The van der Waals surface area contributed by atoms with Gasteiger partial charge in [-0.1, -0.05) is 31.4 Å². The van der Waals surface area contributed by atoms with Gasteiger partial charge in [0.1, 0.15) is 11.6 Å². The first-order valence-corrected chi connectivity index (χ1v) is 14.0. The third-order valence-corrected chi connectivity index (χ3v) is 8.38. The molecular weight excluding hydrogens is 456 g/mol. The van der Waals surface area contributed by atoms with E-state index in [1.165, 1.54) is 0 Å². The van der Waals surface area contributed by atoms with Crippen molar-refractivity contribution >= 4 is 27.5 Å². The minimum Gasteiger partial charge on any atom is -0.390 e. The zero-order valence-corrected chi connectivity index (χ0v) is 20.8. The smallest absolute Gasteiger partial charge is 0.248 e. The third-order valence-electron chi connectivity index (χ3n) is 7.77. The van der Waals surface area contributed by atoms with Gasteiger partial charge >= 0.3 is 0 Å². The van der Waals surface area contributed by atoms with Crippen LogP contribution in [0.15, 0.2) is 24.3 Å². The van der Waals surface area contributed by atoms with Crippen molar-refractivity contribution in [2.45, 2.75) is 69.2 Å². The number of carbonyl (C=O) groups excluding carboxylic acids is 2. The van der Waals surface area contributed by atoms with Crippen LogP contribution in [0.3, 0.4) is 0 Å². The summed E-state index contributed by atoms with van der Waals surface area (Å²) in [5, 5.41) is 13.8. The molecule has 0 bridgehead atoms. The number of piperazine rings is 1. The molecule has 1 saturated carbocycles. The normalized spacial score (nSPS) is 25.3. The molecule has 3 aliphatic rings. The molecule has 3 fully saturated rings. The average molecular weight is 493 g/mol. The summed E-state index contributed by atoms with van der Waals surface area (Å²) in [5.74, 6) is -0.295. The number of rotatable bonds is 6. The van der Waals surface area contributed by atoms with E-state index in [4.69, 9.17) is 0 Å². The van der Waals surface area contributed by atoms with Crippen molar-refractivity contribution in [1.29, 1.82) is 0 Å². The molecule has 1 aromatic carbocycles. The topological polar surface area (TPSA) is 119 Å². The van der Waals surface area contributed by atoms with Gasteiger partial charge in [0.25, 0.3) is 0 Å². The standard InChI is InChI=1S/C24H36N4O5S/c1-27-22(30)20(21(29)18-6-4-3-5-7-18)25-23(31)24(27)12-14-28(15-13-24)16-17-8-10-19(11-9-17)26-34(2,32)33/h8-11,18,20-21,26,29H,3-7,12-16H2,1-2H3,(H,25,31)/t20-,21-/m1/s1. The van der Waals surface area contributed by atoms with Crippen molar-refractivity contribution in [3.8, 4) is 0 Å². The molecule has 34 heavy (non-hydrogen) atoms. The van der Waals surface area contributed by atoms with Crippen LogP contribution in [0.2, 0.25) is 0 Å². The van der Waals surface area contributed by atoms with Crippen molar-refractivity contribution in [2.75, 3.05) is 31.1 Å². The number of benzene rings is 1. The fourth-order valence-electron chi connectivity index (χ4n) is 5.68. The summed E-state index contributed by atoms with van der Waals surface area (Å²) in [6, 6.07) is 6.39. The van der Waals surface area contributed by atoms with Crippen molar-refractivity contribution < 1.29 is 23.1 Å². The van der Waals surface area contributed by atoms with Gasteiger partial charge in [-0.15, -0.1) is 0 Å². The lowest BCUT2D eigenvalue weighted by Gasteiger charge is -2.51. The maximum atomic E-state index is 13.3. The molecule has 4 rings (SSSR count). The van der Waals surface area contributed by atoms with Crippen LogP contribution >= 0.6 is 0 Å². The number of sulfonamides is 1. The van der Waals surface area contributed by atoms with E-state index < -0.39 is 27.7 Å². The Morgan fingerprint density at radius 3 is 2.32 bits per heavy atom. The highest BCUT2D eigenvalue weighted by molar-refractivity contribution is 7.92. The van der Waals surface area contributed by atoms with Crippen LogP contribution in [0.4, 0.5) is 5.69 Å². The lowest BCUT2D eigenvalue weighted by Crippen LogP contribution is -2.74. The molecule has 2 amide bonds. The predicted octanol–water partition coefficient (Wildman–Crippen LogP) is 1.29. The largest absolute Gasteiger partial charge is 0.390 e. The molecule has 2 heterocycles. The van der Waals surface area contributed by atoms with Gasteiger partial charge in [0, 0.05) is 32.4 Å². The third kappa shape index (κ3) is 5.23. The number of nitrogens with zero attached hydrogens (tertiary/aromatic N) is 2. The number of nitrogens with one attached hydrogen (secondary N) is 2. The first kappa shape index (κ1) is 24.9. The van der Waals surface area contributed by atoms with E-state index in [1.54, 1.807) is 24.1 Å². The first-order chi connectivity index (χ1) is 16.1. The highest BCUT2D eigenvalue weighted by Crippen LogP contribution is 2.35. The quantitative estimate of drug-likeness (QED) is 0.551. The molecule has 10 heteroatoms. The minimum absolute atomic E-state index is 0.0614. The summed E-state index contributed by atoms with van der Waals surface area (Å²) in [5.41, 5.74) is 0.690. The number of likely N-dealkylation sites (tertiary alicyclic amines) is 1. The van der Waals surface area contributed by atoms with Gasteiger partial charge < -0.3 is 15.3 Å². The van der Waals surface area contributed by atoms with Crippen LogP contribution in [0.5, 0.6) is 0 Å². The van der Waals surface area contributed by atoms with E-state index in [0.29, 0.717) is 38.2 Å². The van der Waals surface area contributed by atoms with Gasteiger partial charge in [-0.25, -0.2) is 8.42 Å².